The molecule has 0 fully saturated rings. The minimum absolute atomic E-state index is 1.08. The second kappa shape index (κ2) is 6.99. The number of thiophene rings is 2. The van der Waals surface area contributed by atoms with Crippen LogP contribution in [0.25, 0.3) is 46.8 Å². The number of pyridine rings is 1. The lowest BCUT2D eigenvalue weighted by Crippen LogP contribution is -2.29. The van der Waals surface area contributed by atoms with Gasteiger partial charge >= 0.3 is 0 Å². The average Bonchev–Trinajstić information content (AvgIpc) is 3.39. The van der Waals surface area contributed by atoms with Gasteiger partial charge in [-0.2, -0.15) is 4.57 Å². The van der Waals surface area contributed by atoms with Crippen molar-refractivity contribution in [2.45, 2.75) is 27.7 Å². The van der Waals surface area contributed by atoms with Crippen molar-refractivity contribution >= 4 is 52.4 Å². The molecule has 0 atom stereocenters. The summed E-state index contributed by atoms with van der Waals surface area (Å²) in [5.41, 5.74) is 7.48. The van der Waals surface area contributed by atoms with Crippen LogP contribution in [0.4, 0.5) is 0 Å². The summed E-state index contributed by atoms with van der Waals surface area (Å²) in [7, 11) is 2.14. The van der Waals surface area contributed by atoms with Crippen LogP contribution in [0.15, 0.2) is 54.9 Å². The van der Waals surface area contributed by atoms with E-state index >= 15 is 0 Å². The summed E-state index contributed by atoms with van der Waals surface area (Å²) in [4.78, 5) is 5.91. The molecule has 0 bridgehead atoms. The van der Waals surface area contributed by atoms with Gasteiger partial charge in [0, 0.05) is 21.2 Å². The standard InChI is InChI=1S/C27H24N3S2/c1-15-7-6-8-16(2)23(15)30-12-11-29(5)27(30)20-14-22-21(13-17(20)3)25-24(31-22)19-10-9-18(4)28-26(19)32-25/h6-14H,1-5H3/q+1. The molecule has 0 spiro atoms. The summed E-state index contributed by atoms with van der Waals surface area (Å²) >= 11 is 3.71. The van der Waals surface area contributed by atoms with Gasteiger partial charge in [0.2, 0.25) is 0 Å². The fourth-order valence-electron chi connectivity index (χ4n) is 4.79. The van der Waals surface area contributed by atoms with Crippen molar-refractivity contribution < 1.29 is 4.57 Å². The normalized spacial score (nSPS) is 11.9. The molecule has 4 heterocycles. The molecule has 0 aliphatic heterocycles. The van der Waals surface area contributed by atoms with Gasteiger partial charge < -0.3 is 0 Å². The van der Waals surface area contributed by atoms with Crippen molar-refractivity contribution in [3.63, 3.8) is 0 Å². The van der Waals surface area contributed by atoms with Crippen molar-refractivity contribution in [1.29, 1.82) is 0 Å². The number of para-hydroxylation sites is 1. The fraction of sp³-hybridized carbons (Fsp3) is 0.185. The van der Waals surface area contributed by atoms with Crippen LogP contribution in [-0.2, 0) is 7.05 Å². The SMILES string of the molecule is Cc1ccc2c(n1)sc1c3cc(C)c(-c4n(-c5c(C)cccc5C)cc[n+]4C)cc3sc21. The first-order valence-electron chi connectivity index (χ1n) is 10.8. The van der Waals surface area contributed by atoms with Gasteiger partial charge in [0.1, 0.15) is 22.9 Å². The van der Waals surface area contributed by atoms with Gasteiger partial charge in [-0.1, -0.05) is 18.2 Å². The maximum atomic E-state index is 4.76. The highest BCUT2D eigenvalue weighted by molar-refractivity contribution is 7.36. The Hall–Kier alpha value is -3.02. The quantitative estimate of drug-likeness (QED) is 0.254. The number of benzene rings is 2. The van der Waals surface area contributed by atoms with E-state index < -0.39 is 0 Å². The lowest BCUT2D eigenvalue weighted by molar-refractivity contribution is -0.659. The topological polar surface area (TPSA) is 21.7 Å². The van der Waals surface area contributed by atoms with Crippen molar-refractivity contribution in [3.8, 4) is 17.1 Å². The highest BCUT2D eigenvalue weighted by atomic mass is 32.1. The lowest BCUT2D eigenvalue weighted by Gasteiger charge is -2.10. The third-order valence-electron chi connectivity index (χ3n) is 6.36. The Morgan fingerprint density at radius 1 is 0.844 bits per heavy atom. The predicted molar refractivity (Wildman–Crippen MR) is 137 cm³/mol. The Balaban J connectivity index is 1.62. The Morgan fingerprint density at radius 3 is 2.38 bits per heavy atom. The Labute approximate surface area is 195 Å². The number of aryl methyl sites for hydroxylation is 5. The van der Waals surface area contributed by atoms with Gasteiger partial charge in [0.05, 0.1) is 22.0 Å². The van der Waals surface area contributed by atoms with Crippen LogP contribution in [0.2, 0.25) is 0 Å². The van der Waals surface area contributed by atoms with Gasteiger partial charge in [-0.25, -0.2) is 9.55 Å². The number of nitrogens with zero attached hydrogens (tertiary/aromatic N) is 3. The predicted octanol–water partition coefficient (Wildman–Crippen LogP) is 7.18. The highest BCUT2D eigenvalue weighted by Gasteiger charge is 2.24. The van der Waals surface area contributed by atoms with Gasteiger partial charge in [-0.15, -0.1) is 22.7 Å². The second-order valence-electron chi connectivity index (χ2n) is 8.67. The zero-order chi connectivity index (χ0) is 22.1. The van der Waals surface area contributed by atoms with E-state index in [1.54, 1.807) is 0 Å². The Morgan fingerprint density at radius 2 is 1.59 bits per heavy atom. The summed E-state index contributed by atoms with van der Waals surface area (Å²) in [6.45, 7) is 8.68. The third-order valence-corrected chi connectivity index (χ3v) is 8.80. The number of hydrogen-bond acceptors (Lipinski definition) is 3. The number of fused-ring (bicyclic) bond motifs is 5. The minimum atomic E-state index is 1.08. The van der Waals surface area contributed by atoms with Crippen LogP contribution in [0.1, 0.15) is 22.4 Å². The van der Waals surface area contributed by atoms with Gasteiger partial charge in [0.15, 0.2) is 0 Å². The van der Waals surface area contributed by atoms with Crippen LogP contribution >= 0.6 is 22.7 Å². The molecule has 5 heteroatoms. The van der Waals surface area contributed by atoms with E-state index in [2.05, 4.69) is 98.7 Å². The van der Waals surface area contributed by atoms with E-state index in [1.165, 1.54) is 58.6 Å². The monoisotopic (exact) mass is 454 g/mol. The van der Waals surface area contributed by atoms with Crippen LogP contribution in [-0.4, -0.2) is 9.55 Å². The molecule has 6 rings (SSSR count). The molecule has 0 saturated heterocycles. The molecule has 0 saturated carbocycles. The van der Waals surface area contributed by atoms with E-state index in [-0.39, 0.29) is 0 Å². The maximum absolute atomic E-state index is 4.76. The van der Waals surface area contributed by atoms with Gasteiger partial charge in [-0.05, 0) is 68.7 Å². The zero-order valence-corrected chi connectivity index (χ0v) is 20.5. The van der Waals surface area contributed by atoms with E-state index in [0.717, 1.165) is 10.5 Å². The highest BCUT2D eigenvalue weighted by Crippen LogP contribution is 2.45. The smallest absolute Gasteiger partial charge is 0.242 e. The van der Waals surface area contributed by atoms with Crippen molar-refractivity contribution in [3.05, 3.63) is 77.2 Å². The lowest BCUT2D eigenvalue weighted by atomic mass is 10.0. The van der Waals surface area contributed by atoms with Crippen molar-refractivity contribution in [2.75, 3.05) is 0 Å². The van der Waals surface area contributed by atoms with E-state index in [1.807, 2.05) is 22.7 Å². The number of imidazole rings is 1. The van der Waals surface area contributed by atoms with Gasteiger partial charge in [-0.3, -0.25) is 0 Å². The summed E-state index contributed by atoms with van der Waals surface area (Å²) < 4.78 is 8.64. The maximum Gasteiger partial charge on any atom is 0.294 e. The molecular formula is C27H24N3S2+. The molecule has 0 unspecified atom stereocenters. The molecule has 6 aromatic rings. The van der Waals surface area contributed by atoms with E-state index in [9.17, 15) is 0 Å². The van der Waals surface area contributed by atoms with Crippen LogP contribution in [0.3, 0.4) is 0 Å². The molecule has 0 radical (unpaired) electrons. The second-order valence-corrected chi connectivity index (χ2v) is 10.7. The van der Waals surface area contributed by atoms with Crippen LogP contribution in [0.5, 0.6) is 0 Å². The summed E-state index contributed by atoms with van der Waals surface area (Å²) in [6.07, 6.45) is 4.34. The fourth-order valence-corrected chi connectivity index (χ4v) is 7.46. The molecular weight excluding hydrogens is 430 g/mol. The summed E-state index contributed by atoms with van der Waals surface area (Å²) in [5.74, 6) is 1.21. The molecule has 4 aromatic heterocycles. The Bertz CT molecular complexity index is 1660. The number of hydrogen-bond donors (Lipinski definition) is 0. The molecule has 0 aliphatic rings. The molecule has 3 nitrogen and oxygen atoms in total. The Kier molecular flexibility index (Phi) is 4.29. The largest absolute Gasteiger partial charge is 0.294 e. The van der Waals surface area contributed by atoms with Crippen molar-refractivity contribution in [2.24, 2.45) is 7.05 Å². The van der Waals surface area contributed by atoms with E-state index in [4.69, 9.17) is 4.98 Å². The summed E-state index contributed by atoms with van der Waals surface area (Å²) in [5, 5.41) is 2.63. The van der Waals surface area contributed by atoms with Gasteiger partial charge in [0.25, 0.3) is 5.82 Å². The van der Waals surface area contributed by atoms with Crippen LogP contribution < -0.4 is 4.57 Å². The molecule has 0 amide bonds. The number of aromatic nitrogens is 3. The van der Waals surface area contributed by atoms with Crippen LogP contribution in [0, 0.1) is 27.7 Å². The molecule has 32 heavy (non-hydrogen) atoms. The molecule has 0 aliphatic carbocycles. The van der Waals surface area contributed by atoms with E-state index in [0.29, 0.717) is 0 Å². The molecule has 2 aromatic carbocycles. The minimum Gasteiger partial charge on any atom is -0.242 e. The number of rotatable bonds is 2. The molecule has 158 valence electrons. The zero-order valence-electron chi connectivity index (χ0n) is 18.9. The van der Waals surface area contributed by atoms with Crippen molar-refractivity contribution in [1.82, 2.24) is 9.55 Å². The summed E-state index contributed by atoms with van der Waals surface area (Å²) in [6, 6.07) is 15.6. The first-order valence-corrected chi connectivity index (χ1v) is 12.4. The first kappa shape index (κ1) is 19.6. The average molecular weight is 455 g/mol. The third kappa shape index (κ3) is 2.78. The molecule has 0 N–H and O–H groups in total. The first-order chi connectivity index (χ1) is 15.4.